The van der Waals surface area contributed by atoms with E-state index in [0.717, 1.165) is 35.5 Å². The number of nitrogens with zero attached hydrogens (tertiary/aromatic N) is 3. The Kier molecular flexibility index (Phi) is 8.19. The van der Waals surface area contributed by atoms with Crippen LogP contribution >= 0.6 is 47.2 Å². The molecule has 0 aliphatic heterocycles. The average Bonchev–Trinajstić information content (AvgIpc) is 2.91. The molecule has 2 heterocycles. The highest BCUT2D eigenvalue weighted by molar-refractivity contribution is 14.0. The van der Waals surface area contributed by atoms with E-state index < -0.39 is 0 Å². The molecule has 1 aromatic carbocycles. The van der Waals surface area contributed by atoms with Gasteiger partial charge in [-0.05, 0) is 24.1 Å². The number of fused-ring (bicyclic) bond motifs is 1. The van der Waals surface area contributed by atoms with Crippen LogP contribution in [0.2, 0.25) is 10.2 Å². The van der Waals surface area contributed by atoms with Crippen molar-refractivity contribution in [2.45, 2.75) is 13.0 Å². The molecule has 0 spiro atoms. The maximum absolute atomic E-state index is 6.10. The maximum atomic E-state index is 6.10. The van der Waals surface area contributed by atoms with Gasteiger partial charge in [-0.1, -0.05) is 47.5 Å². The van der Waals surface area contributed by atoms with Gasteiger partial charge in [0.15, 0.2) is 5.96 Å². The van der Waals surface area contributed by atoms with E-state index in [1.165, 1.54) is 5.56 Å². The predicted octanol–water partition coefficient (Wildman–Crippen LogP) is 4.41. The number of pyridine rings is 1. The molecule has 0 aliphatic carbocycles. The lowest BCUT2D eigenvalue weighted by atomic mass is 10.1. The minimum atomic E-state index is 0. The van der Waals surface area contributed by atoms with Gasteiger partial charge in [0.1, 0.15) is 5.15 Å². The average molecular weight is 518 g/mol. The Morgan fingerprint density at radius 3 is 2.67 bits per heavy atom. The molecule has 2 N–H and O–H groups in total. The van der Waals surface area contributed by atoms with Crippen LogP contribution in [-0.2, 0) is 20.0 Å². The van der Waals surface area contributed by atoms with Gasteiger partial charge in [-0.15, -0.1) is 24.0 Å². The highest BCUT2D eigenvalue weighted by Gasteiger charge is 2.09. The second kappa shape index (κ2) is 10.1. The molecule has 3 aromatic rings. The largest absolute Gasteiger partial charge is 0.356 e. The van der Waals surface area contributed by atoms with Gasteiger partial charge >= 0.3 is 0 Å². The van der Waals surface area contributed by atoms with E-state index in [2.05, 4.69) is 44.9 Å². The molecule has 144 valence electrons. The highest BCUT2D eigenvalue weighted by Crippen LogP contribution is 2.24. The summed E-state index contributed by atoms with van der Waals surface area (Å²) in [6.07, 6.45) is 2.69. The molecule has 0 amide bonds. The lowest BCUT2D eigenvalue weighted by Gasteiger charge is -2.13. The molecule has 8 heteroatoms. The van der Waals surface area contributed by atoms with E-state index in [1.807, 2.05) is 29.9 Å². The van der Waals surface area contributed by atoms with Crippen LogP contribution in [0.1, 0.15) is 11.3 Å². The van der Waals surface area contributed by atoms with Gasteiger partial charge in [-0.2, -0.15) is 0 Å². The molecule has 0 atom stereocenters. The molecule has 0 saturated carbocycles. The fourth-order valence-electron chi connectivity index (χ4n) is 2.84. The second-order valence-corrected chi connectivity index (χ2v) is 6.69. The third-order valence-corrected chi connectivity index (χ3v) is 5.12. The van der Waals surface area contributed by atoms with Crippen molar-refractivity contribution in [2.24, 2.45) is 12.0 Å². The van der Waals surface area contributed by atoms with Gasteiger partial charge in [-0.3, -0.25) is 9.98 Å². The van der Waals surface area contributed by atoms with Crippen LogP contribution in [0, 0.1) is 0 Å². The fraction of sp³-hybridized carbons (Fsp3) is 0.263. The SMILES string of the molecule is CN=C(NCCc1cccc2cccnc12)NCc1cc(Cl)c(Cl)n1C.I. The Balaban J connectivity index is 0.00000261. The van der Waals surface area contributed by atoms with Crippen molar-refractivity contribution in [2.75, 3.05) is 13.6 Å². The van der Waals surface area contributed by atoms with Crippen molar-refractivity contribution in [1.29, 1.82) is 0 Å². The molecular formula is C19H22Cl2IN5. The van der Waals surface area contributed by atoms with Gasteiger partial charge in [0.05, 0.1) is 17.1 Å². The Hall–Kier alpha value is -1.51. The number of aromatic nitrogens is 2. The Bertz CT molecular complexity index is 934. The minimum absolute atomic E-state index is 0. The summed E-state index contributed by atoms with van der Waals surface area (Å²) in [6.45, 7) is 1.34. The summed E-state index contributed by atoms with van der Waals surface area (Å²) in [6, 6.07) is 12.1. The highest BCUT2D eigenvalue weighted by atomic mass is 127. The number of para-hydroxylation sites is 1. The number of rotatable bonds is 5. The van der Waals surface area contributed by atoms with Crippen LogP contribution in [0.15, 0.2) is 47.6 Å². The minimum Gasteiger partial charge on any atom is -0.356 e. The van der Waals surface area contributed by atoms with Crippen LogP contribution in [0.4, 0.5) is 0 Å². The third kappa shape index (κ3) is 5.27. The number of halogens is 3. The summed E-state index contributed by atoms with van der Waals surface area (Å²) in [5.74, 6) is 0.728. The van der Waals surface area contributed by atoms with Gasteiger partial charge in [-0.25, -0.2) is 0 Å². The summed E-state index contributed by atoms with van der Waals surface area (Å²) >= 11 is 12.1. The third-order valence-electron chi connectivity index (χ3n) is 4.28. The lowest BCUT2D eigenvalue weighted by molar-refractivity contribution is 0.747. The summed E-state index contributed by atoms with van der Waals surface area (Å²) < 4.78 is 1.85. The van der Waals surface area contributed by atoms with Crippen molar-refractivity contribution in [3.63, 3.8) is 0 Å². The summed E-state index contributed by atoms with van der Waals surface area (Å²) in [4.78, 5) is 8.75. The van der Waals surface area contributed by atoms with Crippen LogP contribution < -0.4 is 10.6 Å². The van der Waals surface area contributed by atoms with E-state index in [9.17, 15) is 0 Å². The number of aliphatic imine (C=N–C) groups is 1. The topological polar surface area (TPSA) is 54.2 Å². The first-order valence-electron chi connectivity index (χ1n) is 8.37. The van der Waals surface area contributed by atoms with E-state index in [0.29, 0.717) is 16.7 Å². The van der Waals surface area contributed by atoms with Crippen LogP contribution in [-0.4, -0.2) is 29.1 Å². The molecular weight excluding hydrogens is 496 g/mol. The molecule has 0 fully saturated rings. The fourth-order valence-corrected chi connectivity index (χ4v) is 3.25. The molecule has 3 rings (SSSR count). The van der Waals surface area contributed by atoms with E-state index in [4.69, 9.17) is 23.2 Å². The van der Waals surface area contributed by atoms with Crippen LogP contribution in [0.5, 0.6) is 0 Å². The molecule has 0 aliphatic rings. The van der Waals surface area contributed by atoms with Crippen molar-refractivity contribution < 1.29 is 0 Å². The normalized spacial score (nSPS) is 11.3. The van der Waals surface area contributed by atoms with Gasteiger partial charge in [0, 0.05) is 37.9 Å². The van der Waals surface area contributed by atoms with E-state index in [1.54, 1.807) is 7.05 Å². The van der Waals surface area contributed by atoms with Gasteiger partial charge < -0.3 is 15.2 Å². The standard InChI is InChI=1S/C19H21Cl2N5.HI/c1-22-19(25-12-15-11-16(20)18(21)26(15)2)24-10-8-14-6-3-5-13-7-4-9-23-17(13)14;/h3-7,9,11H,8,10,12H2,1-2H3,(H2,22,24,25);1H. The Labute approximate surface area is 186 Å². The van der Waals surface area contributed by atoms with Crippen molar-refractivity contribution in [1.82, 2.24) is 20.2 Å². The number of hydrogen-bond acceptors (Lipinski definition) is 2. The predicted molar refractivity (Wildman–Crippen MR) is 124 cm³/mol. The number of benzene rings is 1. The van der Waals surface area contributed by atoms with Crippen LogP contribution in [0.25, 0.3) is 10.9 Å². The van der Waals surface area contributed by atoms with E-state index >= 15 is 0 Å². The van der Waals surface area contributed by atoms with Gasteiger partial charge in [0.25, 0.3) is 0 Å². The number of guanidine groups is 1. The summed E-state index contributed by atoms with van der Waals surface area (Å²) in [5.41, 5.74) is 3.25. The molecule has 0 saturated heterocycles. The summed E-state index contributed by atoms with van der Waals surface area (Å²) in [7, 11) is 3.63. The molecule has 5 nitrogen and oxygen atoms in total. The summed E-state index contributed by atoms with van der Waals surface area (Å²) in [5, 5.41) is 8.85. The first kappa shape index (κ1) is 21.8. The lowest BCUT2D eigenvalue weighted by Crippen LogP contribution is -2.38. The number of nitrogens with one attached hydrogen (secondary N) is 2. The smallest absolute Gasteiger partial charge is 0.191 e. The molecule has 27 heavy (non-hydrogen) atoms. The van der Waals surface area contributed by atoms with Crippen molar-refractivity contribution >= 4 is 64.0 Å². The van der Waals surface area contributed by atoms with Crippen molar-refractivity contribution in [3.05, 3.63) is 64.0 Å². The molecule has 2 aromatic heterocycles. The van der Waals surface area contributed by atoms with E-state index in [-0.39, 0.29) is 24.0 Å². The monoisotopic (exact) mass is 517 g/mol. The van der Waals surface area contributed by atoms with Gasteiger partial charge in [0.2, 0.25) is 0 Å². The zero-order chi connectivity index (χ0) is 18.5. The zero-order valence-electron chi connectivity index (χ0n) is 15.2. The molecule has 0 radical (unpaired) electrons. The maximum Gasteiger partial charge on any atom is 0.191 e. The molecule has 0 bridgehead atoms. The zero-order valence-corrected chi connectivity index (χ0v) is 19.0. The quantitative estimate of drug-likeness (QED) is 0.299. The number of hydrogen-bond donors (Lipinski definition) is 2. The van der Waals surface area contributed by atoms with Crippen LogP contribution in [0.3, 0.4) is 0 Å². The Morgan fingerprint density at radius 1 is 1.19 bits per heavy atom. The molecule has 0 unspecified atom stereocenters. The first-order valence-corrected chi connectivity index (χ1v) is 9.12. The second-order valence-electron chi connectivity index (χ2n) is 5.93. The van der Waals surface area contributed by atoms with Crippen molar-refractivity contribution in [3.8, 4) is 0 Å². The first-order chi connectivity index (χ1) is 12.6. The Morgan fingerprint density at radius 2 is 1.96 bits per heavy atom.